The number of hydrogen-bond acceptors (Lipinski definition) is 2. The smallest absolute Gasteiger partial charge is 0.307 e. The van der Waals surface area contributed by atoms with Gasteiger partial charge in [0.1, 0.15) is 0 Å². The van der Waals surface area contributed by atoms with Crippen LogP contribution in [-0.2, 0) is 9.59 Å². The number of allylic oxidation sites excluding steroid dienone is 2. The number of hydrogen-bond donors (Lipinski definition) is 2. The van der Waals surface area contributed by atoms with Gasteiger partial charge in [-0.15, -0.1) is 0 Å². The van der Waals surface area contributed by atoms with E-state index in [0.717, 1.165) is 5.57 Å². The van der Waals surface area contributed by atoms with Gasteiger partial charge in [-0.1, -0.05) is 11.6 Å². The Morgan fingerprint density at radius 1 is 1.31 bits per heavy atom. The van der Waals surface area contributed by atoms with Crippen LogP contribution in [0.3, 0.4) is 0 Å². The minimum atomic E-state index is -1.02. The highest BCUT2D eigenvalue weighted by atomic mass is 16.4. The summed E-state index contributed by atoms with van der Waals surface area (Å²) in [6, 6.07) is 0. The predicted molar refractivity (Wildman–Crippen MR) is 45.2 cm³/mol. The van der Waals surface area contributed by atoms with E-state index in [1.165, 1.54) is 0 Å². The van der Waals surface area contributed by atoms with Gasteiger partial charge in [0.05, 0.1) is 11.8 Å². The average molecular weight is 184 g/mol. The molecule has 0 unspecified atom stereocenters. The third-order valence-corrected chi connectivity index (χ3v) is 2.38. The molecule has 72 valence electrons. The first kappa shape index (κ1) is 9.77. The molecule has 0 amide bonds. The molecule has 0 aromatic rings. The molecule has 0 fully saturated rings. The van der Waals surface area contributed by atoms with Crippen LogP contribution >= 0.6 is 0 Å². The number of carboxylic acid groups (broad SMARTS) is 2. The number of aliphatic carboxylic acids is 2. The van der Waals surface area contributed by atoms with Gasteiger partial charge in [0, 0.05) is 0 Å². The van der Waals surface area contributed by atoms with Crippen molar-refractivity contribution in [3.05, 3.63) is 11.6 Å². The summed E-state index contributed by atoms with van der Waals surface area (Å²) in [7, 11) is 0. The van der Waals surface area contributed by atoms with Crippen molar-refractivity contribution in [2.75, 3.05) is 0 Å². The van der Waals surface area contributed by atoms with Crippen LogP contribution in [0, 0.1) is 11.8 Å². The van der Waals surface area contributed by atoms with Crippen LogP contribution in [-0.4, -0.2) is 22.2 Å². The minimum absolute atomic E-state index is 0.331. The molecule has 0 radical (unpaired) electrons. The molecule has 1 aliphatic carbocycles. The molecule has 13 heavy (non-hydrogen) atoms. The standard InChI is InChI=1S/C9H12O4/c1-5-2-3-6(8(10)11)7(4-5)9(12)13/h2,6-7H,3-4H2,1H3,(H,10,11)(H,12,13)/t6-,7+/m1/s1. The Labute approximate surface area is 75.9 Å². The van der Waals surface area contributed by atoms with Gasteiger partial charge in [-0.25, -0.2) is 0 Å². The quantitative estimate of drug-likeness (QED) is 0.631. The fourth-order valence-electron chi connectivity index (χ4n) is 1.60. The SMILES string of the molecule is CC1=CC[C@@H](C(=O)O)[C@@H](C(=O)O)C1. The van der Waals surface area contributed by atoms with Crippen LogP contribution in [0.4, 0.5) is 0 Å². The number of carbonyl (C=O) groups is 2. The Balaban J connectivity index is 2.83. The van der Waals surface area contributed by atoms with Gasteiger partial charge in [-0.05, 0) is 19.8 Å². The molecule has 0 saturated heterocycles. The van der Waals surface area contributed by atoms with Gasteiger partial charge in [0.15, 0.2) is 0 Å². The molecule has 4 heteroatoms. The van der Waals surface area contributed by atoms with E-state index in [9.17, 15) is 9.59 Å². The first-order valence-electron chi connectivity index (χ1n) is 4.13. The van der Waals surface area contributed by atoms with E-state index in [0.29, 0.717) is 12.8 Å². The highest BCUT2D eigenvalue weighted by Crippen LogP contribution is 2.29. The van der Waals surface area contributed by atoms with Gasteiger partial charge in [-0.3, -0.25) is 9.59 Å². The molecule has 0 aromatic heterocycles. The lowest BCUT2D eigenvalue weighted by Gasteiger charge is -2.23. The lowest BCUT2D eigenvalue weighted by atomic mass is 9.80. The van der Waals surface area contributed by atoms with Crippen molar-refractivity contribution >= 4 is 11.9 Å². The zero-order valence-electron chi connectivity index (χ0n) is 7.36. The maximum atomic E-state index is 10.7. The first-order chi connectivity index (χ1) is 6.02. The molecule has 4 nitrogen and oxygen atoms in total. The Bertz CT molecular complexity index is 267. The van der Waals surface area contributed by atoms with E-state index < -0.39 is 23.8 Å². The molecule has 0 heterocycles. The van der Waals surface area contributed by atoms with Crippen LogP contribution < -0.4 is 0 Å². The molecule has 0 aromatic carbocycles. The Morgan fingerprint density at radius 3 is 2.31 bits per heavy atom. The van der Waals surface area contributed by atoms with Crippen LogP contribution in [0.5, 0.6) is 0 Å². The zero-order chi connectivity index (χ0) is 10.0. The minimum Gasteiger partial charge on any atom is -0.481 e. The largest absolute Gasteiger partial charge is 0.481 e. The van der Waals surface area contributed by atoms with Gasteiger partial charge in [-0.2, -0.15) is 0 Å². The highest BCUT2D eigenvalue weighted by Gasteiger charge is 2.35. The van der Waals surface area contributed by atoms with Crippen molar-refractivity contribution < 1.29 is 19.8 Å². The second-order valence-corrected chi connectivity index (χ2v) is 3.38. The summed E-state index contributed by atoms with van der Waals surface area (Å²) in [6.45, 7) is 1.83. The van der Waals surface area contributed by atoms with Crippen LogP contribution in [0.1, 0.15) is 19.8 Å². The molecule has 1 rings (SSSR count). The van der Waals surface area contributed by atoms with Gasteiger partial charge < -0.3 is 10.2 Å². The maximum absolute atomic E-state index is 10.7. The normalized spacial score (nSPS) is 27.9. The van der Waals surface area contributed by atoms with Crippen molar-refractivity contribution in [3.8, 4) is 0 Å². The molecule has 2 atom stereocenters. The lowest BCUT2D eigenvalue weighted by molar-refractivity contribution is -0.153. The van der Waals surface area contributed by atoms with E-state index in [-0.39, 0.29) is 0 Å². The van der Waals surface area contributed by atoms with Crippen molar-refractivity contribution in [1.29, 1.82) is 0 Å². The van der Waals surface area contributed by atoms with Gasteiger partial charge in [0.2, 0.25) is 0 Å². The van der Waals surface area contributed by atoms with Gasteiger partial charge >= 0.3 is 11.9 Å². The van der Waals surface area contributed by atoms with Crippen LogP contribution in [0.25, 0.3) is 0 Å². The summed E-state index contributed by atoms with van der Waals surface area (Å²) in [5.41, 5.74) is 0.963. The van der Waals surface area contributed by atoms with E-state index in [1.54, 1.807) is 6.08 Å². The fourth-order valence-corrected chi connectivity index (χ4v) is 1.60. The lowest BCUT2D eigenvalue weighted by Crippen LogP contribution is -2.31. The van der Waals surface area contributed by atoms with E-state index in [1.807, 2.05) is 6.92 Å². The van der Waals surface area contributed by atoms with E-state index >= 15 is 0 Å². The van der Waals surface area contributed by atoms with Crippen molar-refractivity contribution in [3.63, 3.8) is 0 Å². The molecular weight excluding hydrogens is 172 g/mol. The number of carboxylic acids is 2. The summed E-state index contributed by atoms with van der Waals surface area (Å²) >= 11 is 0. The number of rotatable bonds is 2. The molecule has 0 bridgehead atoms. The topological polar surface area (TPSA) is 74.6 Å². The third-order valence-electron chi connectivity index (χ3n) is 2.38. The molecular formula is C9H12O4. The average Bonchev–Trinajstić information content (AvgIpc) is 2.03. The Morgan fingerprint density at radius 2 is 1.85 bits per heavy atom. The summed E-state index contributed by atoms with van der Waals surface area (Å²) in [6.07, 6.45) is 2.49. The first-order valence-corrected chi connectivity index (χ1v) is 4.13. The summed E-state index contributed by atoms with van der Waals surface area (Å²) < 4.78 is 0. The summed E-state index contributed by atoms with van der Waals surface area (Å²) in [4.78, 5) is 21.4. The van der Waals surface area contributed by atoms with Crippen molar-refractivity contribution in [2.24, 2.45) is 11.8 Å². The van der Waals surface area contributed by atoms with Crippen molar-refractivity contribution in [1.82, 2.24) is 0 Å². The third kappa shape index (κ3) is 2.08. The summed E-state index contributed by atoms with van der Waals surface area (Å²) in [5.74, 6) is -3.56. The Hall–Kier alpha value is -1.32. The second kappa shape index (κ2) is 3.60. The fraction of sp³-hybridized carbons (Fsp3) is 0.556. The Kier molecular flexibility index (Phi) is 2.70. The monoisotopic (exact) mass is 184 g/mol. The van der Waals surface area contributed by atoms with Crippen LogP contribution in [0.15, 0.2) is 11.6 Å². The predicted octanol–water partition coefficient (Wildman–Crippen LogP) is 1.13. The molecule has 0 aliphatic heterocycles. The molecule has 2 N–H and O–H groups in total. The summed E-state index contributed by atoms with van der Waals surface area (Å²) in [5, 5.41) is 17.5. The van der Waals surface area contributed by atoms with E-state index in [4.69, 9.17) is 10.2 Å². The van der Waals surface area contributed by atoms with E-state index in [2.05, 4.69) is 0 Å². The maximum Gasteiger partial charge on any atom is 0.307 e. The second-order valence-electron chi connectivity index (χ2n) is 3.38. The zero-order valence-corrected chi connectivity index (χ0v) is 7.36. The molecule has 0 saturated carbocycles. The van der Waals surface area contributed by atoms with Gasteiger partial charge in [0.25, 0.3) is 0 Å². The van der Waals surface area contributed by atoms with Crippen molar-refractivity contribution in [2.45, 2.75) is 19.8 Å². The van der Waals surface area contributed by atoms with Crippen LogP contribution in [0.2, 0.25) is 0 Å². The molecule has 1 aliphatic rings. The highest BCUT2D eigenvalue weighted by molar-refractivity contribution is 5.80. The molecule has 0 spiro atoms.